The number of methoxy groups -OCH3 is 1. The van der Waals surface area contributed by atoms with Crippen LogP contribution in [0.4, 0.5) is 5.82 Å². The Morgan fingerprint density at radius 1 is 1.39 bits per heavy atom. The molecule has 0 aromatic carbocycles. The number of nitrogens with one attached hydrogen (secondary N) is 1. The Kier molecular flexibility index (Phi) is 4.17. The fraction of sp³-hybridized carbons (Fsp3) is 0.714. The standard InChI is InChI=1S/C14H23N3O/c1-5-15-12-8-11(9(2)3)16-14(17-12)13(18-4)10-6-7-10/h8-10,13H,5-7H2,1-4H3,(H,15,16,17). The van der Waals surface area contributed by atoms with Gasteiger partial charge in [0.05, 0.1) is 0 Å². The van der Waals surface area contributed by atoms with E-state index in [1.807, 2.05) is 6.07 Å². The largest absolute Gasteiger partial charge is 0.373 e. The minimum Gasteiger partial charge on any atom is -0.373 e. The van der Waals surface area contributed by atoms with E-state index in [0.29, 0.717) is 11.8 Å². The van der Waals surface area contributed by atoms with E-state index in [0.717, 1.165) is 23.9 Å². The number of hydrogen-bond donors (Lipinski definition) is 1. The van der Waals surface area contributed by atoms with Gasteiger partial charge in [-0.25, -0.2) is 9.97 Å². The van der Waals surface area contributed by atoms with Crippen LogP contribution in [-0.4, -0.2) is 23.6 Å². The van der Waals surface area contributed by atoms with Gasteiger partial charge in [-0.3, -0.25) is 0 Å². The number of ether oxygens (including phenoxy) is 1. The highest BCUT2D eigenvalue weighted by atomic mass is 16.5. The molecule has 1 heterocycles. The van der Waals surface area contributed by atoms with Crippen molar-refractivity contribution in [3.8, 4) is 0 Å². The van der Waals surface area contributed by atoms with Crippen LogP contribution in [0.15, 0.2) is 6.07 Å². The van der Waals surface area contributed by atoms with Crippen LogP contribution in [0, 0.1) is 5.92 Å². The molecule has 1 aromatic heterocycles. The topological polar surface area (TPSA) is 47.0 Å². The predicted molar refractivity (Wildman–Crippen MR) is 72.8 cm³/mol. The summed E-state index contributed by atoms with van der Waals surface area (Å²) in [6, 6.07) is 2.04. The molecule has 1 atom stereocenters. The highest BCUT2D eigenvalue weighted by molar-refractivity contribution is 5.37. The van der Waals surface area contributed by atoms with Crippen LogP contribution >= 0.6 is 0 Å². The van der Waals surface area contributed by atoms with Crippen molar-refractivity contribution in [2.24, 2.45) is 5.92 Å². The number of nitrogens with zero attached hydrogens (tertiary/aromatic N) is 2. The van der Waals surface area contributed by atoms with E-state index in [1.54, 1.807) is 7.11 Å². The van der Waals surface area contributed by atoms with E-state index in [-0.39, 0.29) is 6.10 Å². The Morgan fingerprint density at radius 3 is 2.61 bits per heavy atom. The van der Waals surface area contributed by atoms with Crippen molar-refractivity contribution >= 4 is 5.82 Å². The molecule has 0 saturated heterocycles. The van der Waals surface area contributed by atoms with Crippen molar-refractivity contribution in [1.82, 2.24) is 9.97 Å². The van der Waals surface area contributed by atoms with E-state index in [1.165, 1.54) is 12.8 Å². The third-order valence-corrected chi connectivity index (χ3v) is 3.27. The highest BCUT2D eigenvalue weighted by Gasteiger charge is 2.34. The number of aromatic nitrogens is 2. The van der Waals surface area contributed by atoms with Gasteiger partial charge in [0.25, 0.3) is 0 Å². The lowest BCUT2D eigenvalue weighted by molar-refractivity contribution is 0.0771. The second-order valence-corrected chi connectivity index (χ2v) is 5.22. The van der Waals surface area contributed by atoms with Crippen LogP contribution in [0.3, 0.4) is 0 Å². The van der Waals surface area contributed by atoms with Crippen LogP contribution in [0.5, 0.6) is 0 Å². The minimum absolute atomic E-state index is 0.0566. The molecule has 0 bridgehead atoms. The lowest BCUT2D eigenvalue weighted by atomic mass is 10.1. The zero-order chi connectivity index (χ0) is 13.1. The maximum Gasteiger partial charge on any atom is 0.160 e. The Labute approximate surface area is 109 Å². The highest BCUT2D eigenvalue weighted by Crippen LogP contribution is 2.42. The first-order chi connectivity index (χ1) is 8.65. The molecule has 1 saturated carbocycles. The van der Waals surface area contributed by atoms with Gasteiger partial charge in [-0.05, 0) is 31.6 Å². The van der Waals surface area contributed by atoms with E-state index >= 15 is 0 Å². The summed E-state index contributed by atoms with van der Waals surface area (Å²) >= 11 is 0. The molecule has 1 fully saturated rings. The Hall–Kier alpha value is -1.16. The molecule has 1 aromatic rings. The van der Waals surface area contributed by atoms with Crippen molar-refractivity contribution in [3.05, 3.63) is 17.6 Å². The van der Waals surface area contributed by atoms with Crippen molar-refractivity contribution in [2.45, 2.75) is 45.6 Å². The first-order valence-corrected chi connectivity index (χ1v) is 6.81. The molecule has 0 amide bonds. The molecule has 4 nitrogen and oxygen atoms in total. The van der Waals surface area contributed by atoms with Gasteiger partial charge in [0, 0.05) is 25.4 Å². The van der Waals surface area contributed by atoms with E-state index in [9.17, 15) is 0 Å². The lowest BCUT2D eigenvalue weighted by Crippen LogP contribution is -2.13. The van der Waals surface area contributed by atoms with Crippen molar-refractivity contribution in [3.63, 3.8) is 0 Å². The van der Waals surface area contributed by atoms with Gasteiger partial charge >= 0.3 is 0 Å². The molecule has 1 aliphatic rings. The average molecular weight is 249 g/mol. The van der Waals surface area contributed by atoms with Gasteiger partial charge in [0.1, 0.15) is 11.9 Å². The van der Waals surface area contributed by atoms with Crippen LogP contribution in [-0.2, 0) is 4.74 Å². The molecule has 18 heavy (non-hydrogen) atoms. The van der Waals surface area contributed by atoms with Crippen LogP contribution < -0.4 is 5.32 Å². The van der Waals surface area contributed by atoms with Crippen molar-refractivity contribution < 1.29 is 4.74 Å². The number of anilines is 1. The summed E-state index contributed by atoms with van der Waals surface area (Å²) in [6.07, 6.45) is 2.51. The molecule has 4 heteroatoms. The molecule has 100 valence electrons. The summed E-state index contributed by atoms with van der Waals surface area (Å²) < 4.78 is 5.58. The number of hydrogen-bond acceptors (Lipinski definition) is 4. The van der Waals surface area contributed by atoms with Crippen LogP contribution in [0.25, 0.3) is 0 Å². The maximum absolute atomic E-state index is 5.58. The quantitative estimate of drug-likeness (QED) is 0.841. The minimum atomic E-state index is 0.0566. The zero-order valence-electron chi connectivity index (χ0n) is 11.7. The molecule has 2 rings (SSSR count). The third kappa shape index (κ3) is 2.99. The van der Waals surface area contributed by atoms with Gasteiger partial charge in [-0.2, -0.15) is 0 Å². The van der Waals surface area contributed by atoms with Gasteiger partial charge < -0.3 is 10.1 Å². The summed E-state index contributed by atoms with van der Waals surface area (Å²) in [5, 5.41) is 3.27. The summed E-state index contributed by atoms with van der Waals surface area (Å²) in [5.74, 6) is 2.75. The third-order valence-electron chi connectivity index (χ3n) is 3.27. The van der Waals surface area contributed by atoms with Gasteiger partial charge in [-0.15, -0.1) is 0 Å². The first-order valence-electron chi connectivity index (χ1n) is 6.81. The molecule has 1 aliphatic carbocycles. The Balaban J connectivity index is 2.31. The van der Waals surface area contributed by atoms with E-state index in [2.05, 4.69) is 36.1 Å². The lowest BCUT2D eigenvalue weighted by Gasteiger charge is -2.16. The molecular weight excluding hydrogens is 226 g/mol. The summed E-state index contributed by atoms with van der Waals surface area (Å²) in [7, 11) is 1.75. The molecule has 1 N–H and O–H groups in total. The summed E-state index contributed by atoms with van der Waals surface area (Å²) in [5.41, 5.74) is 1.08. The van der Waals surface area contributed by atoms with Crippen molar-refractivity contribution in [1.29, 1.82) is 0 Å². The van der Waals surface area contributed by atoms with Crippen LogP contribution in [0.1, 0.15) is 57.2 Å². The Morgan fingerprint density at radius 2 is 2.11 bits per heavy atom. The molecular formula is C14H23N3O. The summed E-state index contributed by atoms with van der Waals surface area (Å²) in [4.78, 5) is 9.26. The van der Waals surface area contributed by atoms with Gasteiger partial charge in [-0.1, -0.05) is 13.8 Å². The molecule has 0 spiro atoms. The molecule has 1 unspecified atom stereocenters. The second kappa shape index (κ2) is 5.65. The average Bonchev–Trinajstić information content (AvgIpc) is 3.14. The fourth-order valence-corrected chi connectivity index (χ4v) is 2.09. The monoisotopic (exact) mass is 249 g/mol. The maximum atomic E-state index is 5.58. The van der Waals surface area contributed by atoms with E-state index in [4.69, 9.17) is 4.74 Å². The van der Waals surface area contributed by atoms with E-state index < -0.39 is 0 Å². The fourth-order valence-electron chi connectivity index (χ4n) is 2.09. The molecule has 0 radical (unpaired) electrons. The normalized spacial score (nSPS) is 16.9. The SMILES string of the molecule is CCNc1cc(C(C)C)nc(C(OC)C2CC2)n1. The van der Waals surface area contributed by atoms with Crippen LogP contribution in [0.2, 0.25) is 0 Å². The predicted octanol–water partition coefficient (Wildman–Crippen LogP) is 3.13. The summed E-state index contributed by atoms with van der Waals surface area (Å²) in [6.45, 7) is 7.25. The smallest absolute Gasteiger partial charge is 0.160 e. The first kappa shape index (κ1) is 13.3. The van der Waals surface area contributed by atoms with Crippen molar-refractivity contribution in [2.75, 3.05) is 19.0 Å². The Bertz CT molecular complexity index is 402. The number of rotatable bonds is 6. The molecule has 0 aliphatic heterocycles. The second-order valence-electron chi connectivity index (χ2n) is 5.22. The zero-order valence-corrected chi connectivity index (χ0v) is 11.7. The van der Waals surface area contributed by atoms with Gasteiger partial charge in [0.2, 0.25) is 0 Å². The van der Waals surface area contributed by atoms with Gasteiger partial charge in [0.15, 0.2) is 5.82 Å².